The van der Waals surface area contributed by atoms with E-state index in [1.807, 2.05) is 30.0 Å². The van der Waals surface area contributed by atoms with Crippen LogP contribution in [0.2, 0.25) is 0 Å². The minimum atomic E-state index is -0.222. The number of carbonyl (C=O) groups excluding carboxylic acids is 2. The number of allylic oxidation sites excluding steroid dienone is 4. The monoisotopic (exact) mass is 634 g/mol. The largest absolute Gasteiger partial charge is 0.466 e. The molecule has 4 nitrogen and oxygen atoms in total. The van der Waals surface area contributed by atoms with Crippen molar-refractivity contribution in [2.75, 3.05) is 13.2 Å². The van der Waals surface area contributed by atoms with Gasteiger partial charge in [-0.2, -0.15) is 0 Å². The highest BCUT2D eigenvalue weighted by molar-refractivity contribution is 8.09. The second-order valence-corrected chi connectivity index (χ2v) is 15.7. The van der Waals surface area contributed by atoms with Crippen LogP contribution >= 0.6 is 34.4 Å². The van der Waals surface area contributed by atoms with E-state index in [1.165, 1.54) is 16.4 Å². The molecule has 0 radical (unpaired) electrons. The van der Waals surface area contributed by atoms with Crippen LogP contribution in [-0.4, -0.2) is 30.4 Å². The zero-order valence-electron chi connectivity index (χ0n) is 25.2. The average molecular weight is 635 g/mol. The van der Waals surface area contributed by atoms with Gasteiger partial charge in [0.05, 0.1) is 19.6 Å². The van der Waals surface area contributed by atoms with Crippen LogP contribution in [0.25, 0.3) is 11.5 Å². The summed E-state index contributed by atoms with van der Waals surface area (Å²) in [5.74, 6) is 1.77. The van der Waals surface area contributed by atoms with Gasteiger partial charge in [0.25, 0.3) is 0 Å². The Morgan fingerprint density at radius 1 is 0.930 bits per heavy atom. The number of rotatable bonds is 10. The maximum absolute atomic E-state index is 13.2. The third kappa shape index (κ3) is 8.11. The molecule has 1 aliphatic heterocycles. The summed E-state index contributed by atoms with van der Waals surface area (Å²) in [6, 6.07) is 6.31. The van der Waals surface area contributed by atoms with Crippen LogP contribution in [0.4, 0.5) is 0 Å². The number of hydrogen-bond acceptors (Lipinski definition) is 7. The summed E-state index contributed by atoms with van der Waals surface area (Å²) in [7, 11) is 0. The summed E-state index contributed by atoms with van der Waals surface area (Å²) in [4.78, 5) is 25.8. The summed E-state index contributed by atoms with van der Waals surface area (Å²) in [5, 5.41) is 0.467. The molecule has 7 unspecified atom stereocenters. The number of carbonyl (C=O) groups is 2. The Labute approximate surface area is 267 Å². The van der Waals surface area contributed by atoms with Crippen molar-refractivity contribution < 1.29 is 19.1 Å². The van der Waals surface area contributed by atoms with Gasteiger partial charge >= 0.3 is 11.9 Å². The summed E-state index contributed by atoms with van der Waals surface area (Å²) < 4.78 is 15.8. The average Bonchev–Trinajstić information content (AvgIpc) is 3.80. The third-order valence-corrected chi connectivity index (χ3v) is 12.5. The van der Waals surface area contributed by atoms with Gasteiger partial charge in [-0.3, -0.25) is 9.59 Å². The molecule has 2 aliphatic carbocycles. The second-order valence-electron chi connectivity index (χ2n) is 12.1. The van der Waals surface area contributed by atoms with Crippen LogP contribution in [0.1, 0.15) is 45.1 Å². The minimum Gasteiger partial charge on any atom is -0.466 e. The highest BCUT2D eigenvalue weighted by atomic mass is 32.2. The van der Waals surface area contributed by atoms with Crippen LogP contribution in [0.5, 0.6) is 0 Å². The summed E-state index contributed by atoms with van der Waals surface area (Å²) in [5.41, 5.74) is 1.03. The molecule has 5 rings (SSSR count). The molecule has 2 saturated carbocycles. The molecule has 2 fully saturated rings. The minimum absolute atomic E-state index is 0.179. The fourth-order valence-electron chi connectivity index (χ4n) is 6.62. The lowest BCUT2D eigenvalue weighted by Crippen LogP contribution is -2.18. The molecule has 0 saturated heterocycles. The smallest absolute Gasteiger partial charge is 0.310 e. The van der Waals surface area contributed by atoms with E-state index in [9.17, 15) is 9.59 Å². The predicted molar refractivity (Wildman–Crippen MR) is 181 cm³/mol. The number of thioether (sulfide) groups is 1. The van der Waals surface area contributed by atoms with Gasteiger partial charge in [-0.25, -0.2) is 0 Å². The van der Waals surface area contributed by atoms with Gasteiger partial charge in [-0.15, -0.1) is 47.6 Å². The lowest BCUT2D eigenvalue weighted by atomic mass is 9.94. The molecule has 0 aromatic carbocycles. The number of ether oxygens (including phenoxy) is 2. The molecule has 2 aromatic heterocycles. The molecule has 7 atom stereocenters. The zero-order chi connectivity index (χ0) is 30.5. The quantitative estimate of drug-likeness (QED) is 0.205. The Hall–Kier alpha value is -2.61. The number of hydrogen-bond donors (Lipinski definition) is 0. The van der Waals surface area contributed by atoms with Crippen LogP contribution in [0.3, 0.4) is 0 Å². The topological polar surface area (TPSA) is 52.6 Å². The van der Waals surface area contributed by atoms with E-state index in [2.05, 4.69) is 63.1 Å². The normalized spacial score (nSPS) is 30.6. The zero-order valence-corrected chi connectivity index (χ0v) is 27.6. The Morgan fingerprint density at radius 3 is 2.35 bits per heavy atom. The van der Waals surface area contributed by atoms with Gasteiger partial charge in [-0.05, 0) is 91.9 Å². The molecule has 3 aliphatic rings. The molecule has 3 heterocycles. The van der Waals surface area contributed by atoms with E-state index >= 15 is 0 Å². The number of thiophene rings is 2. The second kappa shape index (κ2) is 14.4. The molecule has 228 valence electrons. The van der Waals surface area contributed by atoms with Crippen molar-refractivity contribution in [1.29, 1.82) is 0 Å². The maximum atomic E-state index is 13.2. The highest BCUT2D eigenvalue weighted by Gasteiger charge is 2.34. The highest BCUT2D eigenvalue weighted by Crippen LogP contribution is 2.41. The molecule has 43 heavy (non-hydrogen) atoms. The lowest BCUT2D eigenvalue weighted by Gasteiger charge is -2.16. The van der Waals surface area contributed by atoms with Crippen LogP contribution in [0, 0.1) is 44.6 Å². The number of esters is 2. The third-order valence-electron chi connectivity index (χ3n) is 8.90. The van der Waals surface area contributed by atoms with Crippen LogP contribution in [0.15, 0.2) is 67.8 Å². The molecule has 0 bridgehead atoms. The van der Waals surface area contributed by atoms with Crippen molar-refractivity contribution in [2.45, 2.75) is 51.2 Å². The lowest BCUT2D eigenvalue weighted by molar-refractivity contribution is -0.144. The van der Waals surface area contributed by atoms with Gasteiger partial charge in [0.15, 0.2) is 0 Å². The van der Waals surface area contributed by atoms with Crippen molar-refractivity contribution >= 4 is 57.9 Å². The van der Waals surface area contributed by atoms with Crippen molar-refractivity contribution in [3.63, 3.8) is 0 Å². The molecule has 7 heteroatoms. The van der Waals surface area contributed by atoms with E-state index in [4.69, 9.17) is 9.47 Å². The SMILES string of the molecule is C=CC1CC(/C=C/C2CC(C=C)C(COC(=O)Cc3c/c(=C4/C=CC(C)S4)s/c3=c3\ccc(=C)s3)C2)C(COC(C)=O)C1. The standard InChI is InChI=1S/C36H42O4S3/c1-6-25-14-28(31(15-25)20-39-24(5)37)11-10-26-16-27(7-2)30(17-26)21-40-35(38)19-29-18-34(32-12-8-22(3)41-32)43-36(29)33-13-9-23(4)42-33/h6-13,18,22,25-28,30-31H,1-2,4,14-17,19-21H2,3,5H3/b11-10+,34-32+,36-33+. The summed E-state index contributed by atoms with van der Waals surface area (Å²) >= 11 is 5.27. The molecule has 2 aromatic rings. The van der Waals surface area contributed by atoms with Gasteiger partial charge in [0.1, 0.15) is 0 Å². The Kier molecular flexibility index (Phi) is 10.7. The molecular formula is C36H42O4S3. The Balaban J connectivity index is 1.23. The first-order valence-electron chi connectivity index (χ1n) is 15.2. The van der Waals surface area contributed by atoms with E-state index in [-0.39, 0.29) is 24.3 Å². The van der Waals surface area contributed by atoms with Gasteiger partial charge in [-0.1, -0.05) is 43.0 Å². The summed E-state index contributed by atoms with van der Waals surface area (Å²) in [6.07, 6.45) is 17.5. The molecule has 0 amide bonds. The fourth-order valence-corrected chi connectivity index (χ4v) is 9.83. The maximum Gasteiger partial charge on any atom is 0.310 e. The van der Waals surface area contributed by atoms with Gasteiger partial charge in [0.2, 0.25) is 0 Å². The van der Waals surface area contributed by atoms with Crippen LogP contribution < -0.4 is 9.06 Å². The van der Waals surface area contributed by atoms with Gasteiger partial charge < -0.3 is 9.47 Å². The Bertz CT molecular complexity index is 1610. The van der Waals surface area contributed by atoms with Crippen molar-refractivity contribution in [1.82, 2.24) is 0 Å². The van der Waals surface area contributed by atoms with Crippen molar-refractivity contribution in [3.05, 3.63) is 91.5 Å². The predicted octanol–water partition coefficient (Wildman–Crippen LogP) is 7.17. The Morgan fingerprint density at radius 2 is 1.67 bits per heavy atom. The van der Waals surface area contributed by atoms with E-state index in [1.54, 1.807) is 22.7 Å². The van der Waals surface area contributed by atoms with E-state index in [0.717, 1.165) is 44.8 Å². The van der Waals surface area contributed by atoms with E-state index < -0.39 is 0 Å². The molecular weight excluding hydrogens is 593 g/mol. The molecule has 0 N–H and O–H groups in total. The first-order valence-corrected chi connectivity index (χ1v) is 17.7. The first-order chi connectivity index (χ1) is 20.7. The van der Waals surface area contributed by atoms with Crippen LogP contribution in [-0.2, 0) is 25.5 Å². The summed E-state index contributed by atoms with van der Waals surface area (Å²) in [6.45, 7) is 16.7. The fraction of sp³-hybridized carbons (Fsp3) is 0.444. The van der Waals surface area contributed by atoms with Crippen molar-refractivity contribution in [3.8, 4) is 0 Å². The first kappa shape index (κ1) is 31.8. The van der Waals surface area contributed by atoms with Crippen molar-refractivity contribution in [2.24, 2.45) is 35.5 Å². The molecule has 0 spiro atoms. The van der Waals surface area contributed by atoms with Gasteiger partial charge in [0, 0.05) is 35.2 Å². The van der Waals surface area contributed by atoms with E-state index in [0.29, 0.717) is 48.1 Å².